The predicted molar refractivity (Wildman–Crippen MR) is 52.5 cm³/mol. The van der Waals surface area contributed by atoms with Crippen LogP contribution in [0, 0.1) is 0 Å². The van der Waals surface area contributed by atoms with Crippen LogP contribution in [0.15, 0.2) is 0 Å². The number of aliphatic hydroxyl groups is 1. The molecule has 1 unspecified atom stereocenters. The molecule has 0 aromatic carbocycles. The van der Waals surface area contributed by atoms with Crippen molar-refractivity contribution in [2.75, 3.05) is 7.11 Å². The summed E-state index contributed by atoms with van der Waals surface area (Å²) in [6, 6.07) is 0. The monoisotopic (exact) mass is 187 g/mol. The Morgan fingerprint density at radius 1 is 1.54 bits per heavy atom. The number of ether oxygens (including phenoxy) is 1. The van der Waals surface area contributed by atoms with Gasteiger partial charge in [0.25, 0.3) is 0 Å². The maximum atomic E-state index is 9.37. The van der Waals surface area contributed by atoms with Crippen LogP contribution in [0.2, 0.25) is 0 Å². The molecule has 0 amide bonds. The zero-order chi connectivity index (χ0) is 9.90. The molecule has 1 aliphatic carbocycles. The van der Waals surface area contributed by atoms with E-state index in [4.69, 9.17) is 10.5 Å². The largest absolute Gasteiger partial charge is 0.393 e. The summed E-state index contributed by atoms with van der Waals surface area (Å²) in [5.74, 6) is 0. The van der Waals surface area contributed by atoms with Crippen molar-refractivity contribution in [1.29, 1.82) is 0 Å². The summed E-state index contributed by atoms with van der Waals surface area (Å²) in [4.78, 5) is 0. The standard InChI is InChI=1S/C10H21NO2/c1-3-9(13-2)10(11)6-4-8(12)5-7-10/h8-9,12H,3-7,11H2,1-2H3. The summed E-state index contributed by atoms with van der Waals surface area (Å²) < 4.78 is 5.37. The van der Waals surface area contributed by atoms with E-state index >= 15 is 0 Å². The lowest BCUT2D eigenvalue weighted by Crippen LogP contribution is -2.54. The third-order valence-electron chi connectivity index (χ3n) is 3.18. The quantitative estimate of drug-likeness (QED) is 0.694. The summed E-state index contributed by atoms with van der Waals surface area (Å²) in [6.07, 6.45) is 4.32. The van der Waals surface area contributed by atoms with Crippen LogP contribution in [0.3, 0.4) is 0 Å². The first-order valence-electron chi connectivity index (χ1n) is 5.12. The minimum Gasteiger partial charge on any atom is -0.393 e. The van der Waals surface area contributed by atoms with Gasteiger partial charge in [0.15, 0.2) is 0 Å². The molecule has 1 atom stereocenters. The zero-order valence-corrected chi connectivity index (χ0v) is 8.62. The van der Waals surface area contributed by atoms with Crippen LogP contribution in [0.4, 0.5) is 0 Å². The summed E-state index contributed by atoms with van der Waals surface area (Å²) in [6.45, 7) is 2.09. The highest BCUT2D eigenvalue weighted by Gasteiger charge is 2.37. The molecule has 1 fully saturated rings. The number of nitrogens with two attached hydrogens (primary N) is 1. The lowest BCUT2D eigenvalue weighted by molar-refractivity contribution is -0.00736. The molecule has 1 aliphatic rings. The predicted octanol–water partition coefficient (Wildman–Crippen LogP) is 1.04. The van der Waals surface area contributed by atoms with Crippen molar-refractivity contribution in [3.63, 3.8) is 0 Å². The highest BCUT2D eigenvalue weighted by atomic mass is 16.5. The highest BCUT2D eigenvalue weighted by molar-refractivity contribution is 4.95. The van der Waals surface area contributed by atoms with Gasteiger partial charge >= 0.3 is 0 Å². The SMILES string of the molecule is CCC(OC)C1(N)CCC(O)CC1. The second-order valence-corrected chi connectivity index (χ2v) is 4.10. The minimum absolute atomic E-state index is 0.139. The van der Waals surface area contributed by atoms with Crippen LogP contribution in [0.1, 0.15) is 39.0 Å². The molecule has 3 N–H and O–H groups in total. The van der Waals surface area contributed by atoms with E-state index in [1.54, 1.807) is 7.11 Å². The van der Waals surface area contributed by atoms with Crippen molar-refractivity contribution in [2.24, 2.45) is 5.73 Å². The molecule has 3 nitrogen and oxygen atoms in total. The molecule has 0 aromatic heterocycles. The summed E-state index contributed by atoms with van der Waals surface area (Å²) in [5.41, 5.74) is 6.04. The summed E-state index contributed by atoms with van der Waals surface area (Å²) in [5, 5.41) is 9.37. The molecule has 1 saturated carbocycles. The molecule has 0 saturated heterocycles. The maximum absolute atomic E-state index is 9.37. The van der Waals surface area contributed by atoms with E-state index in [-0.39, 0.29) is 17.7 Å². The van der Waals surface area contributed by atoms with Crippen molar-refractivity contribution in [2.45, 2.75) is 56.8 Å². The van der Waals surface area contributed by atoms with Crippen LogP contribution in [0.25, 0.3) is 0 Å². The summed E-state index contributed by atoms with van der Waals surface area (Å²) in [7, 11) is 1.72. The molecule has 0 spiro atoms. The van der Waals surface area contributed by atoms with Crippen LogP contribution in [-0.4, -0.2) is 30.0 Å². The minimum atomic E-state index is -0.206. The molecular weight excluding hydrogens is 166 g/mol. The second-order valence-electron chi connectivity index (χ2n) is 4.10. The van der Waals surface area contributed by atoms with Gasteiger partial charge in [-0.05, 0) is 32.1 Å². The third-order valence-corrected chi connectivity index (χ3v) is 3.18. The fourth-order valence-electron chi connectivity index (χ4n) is 2.27. The Hall–Kier alpha value is -0.120. The van der Waals surface area contributed by atoms with Gasteiger partial charge in [-0.2, -0.15) is 0 Å². The molecule has 0 radical (unpaired) electrons. The molecule has 0 aromatic rings. The molecule has 1 rings (SSSR count). The molecule has 3 heteroatoms. The van der Waals surface area contributed by atoms with Gasteiger partial charge in [-0.3, -0.25) is 0 Å². The molecule has 0 heterocycles. The van der Waals surface area contributed by atoms with Crippen molar-refractivity contribution >= 4 is 0 Å². The van der Waals surface area contributed by atoms with E-state index < -0.39 is 0 Å². The highest BCUT2D eigenvalue weighted by Crippen LogP contribution is 2.31. The van der Waals surface area contributed by atoms with E-state index in [1.165, 1.54) is 0 Å². The average Bonchev–Trinajstić information content (AvgIpc) is 2.13. The fraction of sp³-hybridized carbons (Fsp3) is 1.00. The van der Waals surface area contributed by atoms with Crippen molar-refractivity contribution in [3.8, 4) is 0 Å². The Bertz CT molecular complexity index is 149. The van der Waals surface area contributed by atoms with Crippen molar-refractivity contribution < 1.29 is 9.84 Å². The molecular formula is C10H21NO2. The Balaban J connectivity index is 2.54. The molecule has 78 valence electrons. The van der Waals surface area contributed by atoms with E-state index in [0.29, 0.717) is 0 Å². The van der Waals surface area contributed by atoms with Gasteiger partial charge in [-0.15, -0.1) is 0 Å². The topological polar surface area (TPSA) is 55.5 Å². The van der Waals surface area contributed by atoms with Gasteiger partial charge in [0.1, 0.15) is 0 Å². The van der Waals surface area contributed by atoms with E-state index in [2.05, 4.69) is 6.92 Å². The van der Waals surface area contributed by atoms with Gasteiger partial charge in [-0.25, -0.2) is 0 Å². The van der Waals surface area contributed by atoms with Gasteiger partial charge in [-0.1, -0.05) is 6.92 Å². The van der Waals surface area contributed by atoms with Crippen molar-refractivity contribution in [1.82, 2.24) is 0 Å². The first kappa shape index (κ1) is 11.0. The Morgan fingerprint density at radius 3 is 2.46 bits per heavy atom. The Morgan fingerprint density at radius 2 is 2.08 bits per heavy atom. The maximum Gasteiger partial charge on any atom is 0.0748 e. The number of aliphatic hydroxyl groups excluding tert-OH is 1. The van der Waals surface area contributed by atoms with Crippen LogP contribution >= 0.6 is 0 Å². The van der Waals surface area contributed by atoms with Crippen molar-refractivity contribution in [3.05, 3.63) is 0 Å². The van der Waals surface area contributed by atoms with Gasteiger partial charge < -0.3 is 15.6 Å². The van der Waals surface area contributed by atoms with Crippen LogP contribution in [-0.2, 0) is 4.74 Å². The van der Waals surface area contributed by atoms with Gasteiger partial charge in [0.05, 0.1) is 12.2 Å². The number of methoxy groups -OCH3 is 1. The van der Waals surface area contributed by atoms with Crippen LogP contribution in [0.5, 0.6) is 0 Å². The molecule has 0 aliphatic heterocycles. The Kier molecular flexibility index (Phi) is 3.71. The second kappa shape index (κ2) is 4.40. The number of hydrogen-bond acceptors (Lipinski definition) is 3. The first-order valence-corrected chi connectivity index (χ1v) is 5.12. The lowest BCUT2D eigenvalue weighted by atomic mass is 9.76. The Labute approximate surface area is 80.3 Å². The fourth-order valence-corrected chi connectivity index (χ4v) is 2.27. The van der Waals surface area contributed by atoms with Gasteiger partial charge in [0, 0.05) is 12.6 Å². The number of rotatable bonds is 3. The lowest BCUT2D eigenvalue weighted by Gasteiger charge is -2.40. The third kappa shape index (κ3) is 2.42. The van der Waals surface area contributed by atoms with E-state index in [1.807, 2.05) is 0 Å². The summed E-state index contributed by atoms with van der Waals surface area (Å²) >= 11 is 0. The average molecular weight is 187 g/mol. The molecule has 0 bridgehead atoms. The van der Waals surface area contributed by atoms with Crippen LogP contribution < -0.4 is 5.73 Å². The number of hydrogen-bond donors (Lipinski definition) is 2. The normalized spacial score (nSPS) is 37.4. The molecule has 13 heavy (non-hydrogen) atoms. The first-order chi connectivity index (χ1) is 6.12. The van der Waals surface area contributed by atoms with Gasteiger partial charge in [0.2, 0.25) is 0 Å². The zero-order valence-electron chi connectivity index (χ0n) is 8.62. The van der Waals surface area contributed by atoms with E-state index in [9.17, 15) is 5.11 Å². The smallest absolute Gasteiger partial charge is 0.0748 e. The van der Waals surface area contributed by atoms with E-state index in [0.717, 1.165) is 32.1 Å².